The summed E-state index contributed by atoms with van der Waals surface area (Å²) >= 11 is 0. The van der Waals surface area contributed by atoms with Crippen LogP contribution in [-0.4, -0.2) is 35.8 Å². The number of aromatic nitrogens is 2. The monoisotopic (exact) mass is 428 g/mol. The number of anilines is 2. The Balaban J connectivity index is 1.65. The number of amides is 2. The van der Waals surface area contributed by atoms with E-state index in [9.17, 15) is 18.4 Å². The molecule has 31 heavy (non-hydrogen) atoms. The number of nitrogens with zero attached hydrogens (tertiary/aromatic N) is 2. The van der Waals surface area contributed by atoms with Crippen molar-refractivity contribution in [3.63, 3.8) is 0 Å². The van der Waals surface area contributed by atoms with E-state index in [4.69, 9.17) is 9.47 Å². The molecule has 0 bridgehead atoms. The highest BCUT2D eigenvalue weighted by Gasteiger charge is 2.32. The second kappa shape index (κ2) is 8.05. The maximum absolute atomic E-state index is 13.5. The van der Waals surface area contributed by atoms with Gasteiger partial charge in [0.05, 0.1) is 26.3 Å². The molecule has 10 heteroatoms. The molecule has 0 aliphatic carbocycles. The highest BCUT2D eigenvalue weighted by molar-refractivity contribution is 6.01. The summed E-state index contributed by atoms with van der Waals surface area (Å²) in [6, 6.07) is 8.90. The first-order chi connectivity index (χ1) is 14.9. The zero-order chi connectivity index (χ0) is 22.1. The molecule has 160 valence electrons. The Morgan fingerprint density at radius 2 is 1.87 bits per heavy atom. The molecular weight excluding hydrogens is 410 g/mol. The summed E-state index contributed by atoms with van der Waals surface area (Å²) in [4.78, 5) is 24.9. The van der Waals surface area contributed by atoms with Gasteiger partial charge in [-0.2, -0.15) is 5.10 Å². The lowest BCUT2D eigenvalue weighted by atomic mass is 10.1. The van der Waals surface area contributed by atoms with Crippen molar-refractivity contribution in [2.24, 2.45) is 0 Å². The highest BCUT2D eigenvalue weighted by atomic mass is 19.2. The number of carbonyl (C=O) groups excluding carboxylic acids is 2. The van der Waals surface area contributed by atoms with Gasteiger partial charge in [0.1, 0.15) is 11.9 Å². The number of fused-ring (bicyclic) bond motifs is 1. The fourth-order valence-corrected chi connectivity index (χ4v) is 3.32. The predicted octanol–water partition coefficient (Wildman–Crippen LogP) is 3.37. The Kier molecular flexibility index (Phi) is 5.28. The van der Waals surface area contributed by atoms with Crippen LogP contribution in [0.2, 0.25) is 0 Å². The fourth-order valence-electron chi connectivity index (χ4n) is 3.32. The smallest absolute Gasteiger partial charge is 0.249 e. The molecule has 1 atom stereocenters. The van der Waals surface area contributed by atoms with Crippen LogP contribution in [0, 0.1) is 11.6 Å². The summed E-state index contributed by atoms with van der Waals surface area (Å²) < 4.78 is 38.5. The lowest BCUT2D eigenvalue weighted by molar-refractivity contribution is -0.125. The molecule has 8 nitrogen and oxygen atoms in total. The minimum absolute atomic E-state index is 0.0729. The van der Waals surface area contributed by atoms with Crippen molar-refractivity contribution in [3.05, 3.63) is 54.1 Å². The number of rotatable bonds is 5. The fraction of sp³-hybridized carbons (Fsp3) is 0.190. The van der Waals surface area contributed by atoms with Crippen molar-refractivity contribution >= 4 is 23.3 Å². The average Bonchev–Trinajstić information content (AvgIpc) is 3.19. The molecule has 0 radical (unpaired) electrons. The van der Waals surface area contributed by atoms with Gasteiger partial charge in [-0.15, -0.1) is 0 Å². The second-order valence-electron chi connectivity index (χ2n) is 6.82. The third-order valence-corrected chi connectivity index (χ3v) is 4.85. The number of benzene rings is 2. The van der Waals surface area contributed by atoms with Crippen molar-refractivity contribution in [2.45, 2.75) is 12.5 Å². The Morgan fingerprint density at radius 1 is 1.10 bits per heavy atom. The first kappa shape index (κ1) is 20.3. The van der Waals surface area contributed by atoms with Crippen LogP contribution in [0.15, 0.2) is 42.5 Å². The van der Waals surface area contributed by atoms with Gasteiger partial charge in [-0.3, -0.25) is 9.59 Å². The number of hydrogen-bond acceptors (Lipinski definition) is 5. The first-order valence-corrected chi connectivity index (χ1v) is 9.27. The van der Waals surface area contributed by atoms with Crippen LogP contribution in [0.3, 0.4) is 0 Å². The van der Waals surface area contributed by atoms with Gasteiger partial charge in [-0.1, -0.05) is 0 Å². The van der Waals surface area contributed by atoms with E-state index in [1.54, 1.807) is 24.3 Å². The van der Waals surface area contributed by atoms with E-state index in [0.717, 1.165) is 12.1 Å². The average molecular weight is 428 g/mol. The van der Waals surface area contributed by atoms with Crippen LogP contribution in [-0.2, 0) is 9.59 Å². The molecule has 2 N–H and O–H groups in total. The largest absolute Gasteiger partial charge is 0.493 e. The van der Waals surface area contributed by atoms with Crippen molar-refractivity contribution in [3.8, 4) is 22.8 Å². The third kappa shape index (κ3) is 3.91. The van der Waals surface area contributed by atoms with Gasteiger partial charge in [0.15, 0.2) is 23.1 Å². The van der Waals surface area contributed by atoms with E-state index in [1.807, 2.05) is 0 Å². The number of hydrogen-bond donors (Lipinski definition) is 2. The van der Waals surface area contributed by atoms with Crippen molar-refractivity contribution in [1.29, 1.82) is 0 Å². The Morgan fingerprint density at radius 3 is 2.58 bits per heavy atom. The summed E-state index contributed by atoms with van der Waals surface area (Å²) in [5.41, 5.74) is 1.26. The van der Waals surface area contributed by atoms with Gasteiger partial charge in [0.2, 0.25) is 11.8 Å². The number of nitrogens with one attached hydrogen (secondary N) is 2. The highest BCUT2D eigenvalue weighted by Crippen LogP contribution is 2.35. The van der Waals surface area contributed by atoms with Crippen LogP contribution in [0.25, 0.3) is 11.3 Å². The van der Waals surface area contributed by atoms with Crippen molar-refractivity contribution in [2.75, 3.05) is 24.9 Å². The van der Waals surface area contributed by atoms with E-state index in [2.05, 4.69) is 15.7 Å². The van der Waals surface area contributed by atoms with Gasteiger partial charge in [0.25, 0.3) is 0 Å². The SMILES string of the molecule is COc1ccc(-c2cc3n(n2)[C@@H](C(=O)Nc2ccc(F)c(F)c2)CC(=O)N3)cc1OC. The predicted molar refractivity (Wildman–Crippen MR) is 108 cm³/mol. The summed E-state index contributed by atoms with van der Waals surface area (Å²) in [6.07, 6.45) is -0.157. The quantitative estimate of drug-likeness (QED) is 0.650. The van der Waals surface area contributed by atoms with E-state index in [-0.39, 0.29) is 18.0 Å². The molecule has 2 heterocycles. The topological polar surface area (TPSA) is 94.5 Å². The van der Waals surface area contributed by atoms with E-state index < -0.39 is 23.6 Å². The molecule has 2 amide bonds. The van der Waals surface area contributed by atoms with Gasteiger partial charge < -0.3 is 20.1 Å². The first-order valence-electron chi connectivity index (χ1n) is 9.27. The normalized spacial score (nSPS) is 15.1. The summed E-state index contributed by atoms with van der Waals surface area (Å²) in [6.45, 7) is 0. The minimum Gasteiger partial charge on any atom is -0.493 e. The molecule has 0 unspecified atom stereocenters. The number of halogens is 2. The van der Waals surface area contributed by atoms with Gasteiger partial charge in [-0.25, -0.2) is 13.5 Å². The van der Waals surface area contributed by atoms with Crippen LogP contribution in [0.4, 0.5) is 20.3 Å². The van der Waals surface area contributed by atoms with Crippen LogP contribution < -0.4 is 20.1 Å². The lowest BCUT2D eigenvalue weighted by Gasteiger charge is -2.23. The summed E-state index contributed by atoms with van der Waals surface area (Å²) in [5, 5.41) is 9.66. The summed E-state index contributed by atoms with van der Waals surface area (Å²) in [5.74, 6) is -1.67. The maximum atomic E-state index is 13.5. The molecule has 1 aromatic heterocycles. The van der Waals surface area contributed by atoms with E-state index in [0.29, 0.717) is 28.6 Å². The van der Waals surface area contributed by atoms with E-state index >= 15 is 0 Å². The molecule has 0 saturated heterocycles. The van der Waals surface area contributed by atoms with Crippen molar-refractivity contribution < 1.29 is 27.8 Å². The number of ether oxygens (including phenoxy) is 2. The zero-order valence-corrected chi connectivity index (χ0v) is 16.6. The molecule has 3 aromatic rings. The van der Waals surface area contributed by atoms with Gasteiger partial charge in [0, 0.05) is 23.4 Å². The molecule has 0 fully saturated rings. The maximum Gasteiger partial charge on any atom is 0.249 e. The molecule has 0 saturated carbocycles. The van der Waals surface area contributed by atoms with Gasteiger partial charge >= 0.3 is 0 Å². The standard InChI is InChI=1S/C21H18F2N4O4/c1-30-17-6-3-11(7-18(17)31-2)15-9-19-25-20(28)10-16(27(19)26-15)21(29)24-12-4-5-13(22)14(23)8-12/h3-9,16H,10H2,1-2H3,(H,24,29)(H,25,28)/t16-/m1/s1. The second-order valence-corrected chi connectivity index (χ2v) is 6.82. The molecule has 2 aromatic carbocycles. The molecule has 4 rings (SSSR count). The number of carbonyl (C=O) groups is 2. The Labute approximate surface area is 175 Å². The number of methoxy groups -OCH3 is 2. The summed E-state index contributed by atoms with van der Waals surface area (Å²) in [7, 11) is 3.04. The Hall–Kier alpha value is -3.95. The molecule has 1 aliphatic rings. The van der Waals surface area contributed by atoms with Crippen molar-refractivity contribution in [1.82, 2.24) is 9.78 Å². The van der Waals surface area contributed by atoms with Crippen LogP contribution in [0.5, 0.6) is 11.5 Å². The zero-order valence-electron chi connectivity index (χ0n) is 16.6. The third-order valence-electron chi connectivity index (χ3n) is 4.85. The Bertz CT molecular complexity index is 1180. The molecular formula is C21H18F2N4O4. The van der Waals surface area contributed by atoms with Gasteiger partial charge in [-0.05, 0) is 30.3 Å². The lowest BCUT2D eigenvalue weighted by Crippen LogP contribution is -2.35. The van der Waals surface area contributed by atoms with Crippen LogP contribution in [0.1, 0.15) is 12.5 Å². The molecule has 0 spiro atoms. The minimum atomic E-state index is -1.09. The molecule has 1 aliphatic heterocycles. The van der Waals surface area contributed by atoms with E-state index in [1.165, 1.54) is 25.0 Å². The van der Waals surface area contributed by atoms with Crippen LogP contribution >= 0.6 is 0 Å².